The molecule has 1 atom stereocenters. The third-order valence-corrected chi connectivity index (χ3v) is 3.66. The first-order chi connectivity index (χ1) is 8.59. The summed E-state index contributed by atoms with van der Waals surface area (Å²) in [5.41, 5.74) is -0.396. The van der Waals surface area contributed by atoms with E-state index in [1.165, 1.54) is 6.92 Å². The third kappa shape index (κ3) is 2.32. The van der Waals surface area contributed by atoms with Gasteiger partial charge in [0.15, 0.2) is 0 Å². The van der Waals surface area contributed by atoms with E-state index in [0.29, 0.717) is 18.3 Å². The number of carbonyl (C=O) groups excluding carboxylic acids is 1. The Kier molecular flexibility index (Phi) is 3.80. The van der Waals surface area contributed by atoms with E-state index in [-0.39, 0.29) is 11.7 Å². The van der Waals surface area contributed by atoms with Crippen LogP contribution in [0.1, 0.15) is 64.1 Å². The second-order valence-corrected chi connectivity index (χ2v) is 4.92. The van der Waals surface area contributed by atoms with E-state index >= 15 is 0 Å². The van der Waals surface area contributed by atoms with Gasteiger partial charge in [-0.25, -0.2) is 0 Å². The normalized spacial score (nSPS) is 19.9. The molecule has 0 bridgehead atoms. The van der Waals surface area contributed by atoms with Crippen molar-refractivity contribution in [3.63, 3.8) is 0 Å². The first-order valence-corrected chi connectivity index (χ1v) is 6.57. The molecule has 0 aliphatic heterocycles. The molecule has 5 heteroatoms. The van der Waals surface area contributed by atoms with Gasteiger partial charge in [-0.3, -0.25) is 4.79 Å². The lowest BCUT2D eigenvalue weighted by Gasteiger charge is -2.24. The van der Waals surface area contributed by atoms with Crippen molar-refractivity contribution in [1.29, 1.82) is 0 Å². The molecule has 1 aliphatic rings. The highest BCUT2D eigenvalue weighted by atomic mass is 16.5. The summed E-state index contributed by atoms with van der Waals surface area (Å²) in [6, 6.07) is 0. The second-order valence-electron chi connectivity index (χ2n) is 4.92. The number of hydrogen-bond donors (Lipinski definition) is 0. The number of rotatable bonds is 5. The van der Waals surface area contributed by atoms with Gasteiger partial charge in [0.05, 0.1) is 5.92 Å². The van der Waals surface area contributed by atoms with Crippen LogP contribution in [0.2, 0.25) is 0 Å². The van der Waals surface area contributed by atoms with Gasteiger partial charge in [0.25, 0.3) is 0 Å². The number of ketones is 1. The minimum atomic E-state index is -0.396. The predicted octanol–water partition coefficient (Wildman–Crippen LogP) is 2.57. The fourth-order valence-electron chi connectivity index (χ4n) is 2.42. The van der Waals surface area contributed by atoms with E-state index in [1.54, 1.807) is 6.92 Å². The molecule has 18 heavy (non-hydrogen) atoms. The zero-order chi connectivity index (χ0) is 13.2. The van der Waals surface area contributed by atoms with Crippen molar-refractivity contribution in [2.75, 3.05) is 6.61 Å². The standard InChI is InChI=1S/C13H20N2O3/c1-4-17-13(7-5-6-8-13)12-14-11(18-15-12)9(2)10(3)16/h9H,4-8H2,1-3H3. The van der Waals surface area contributed by atoms with Crippen LogP contribution in [0, 0.1) is 0 Å². The molecule has 0 saturated heterocycles. The van der Waals surface area contributed by atoms with Crippen LogP contribution in [-0.2, 0) is 15.1 Å². The summed E-state index contributed by atoms with van der Waals surface area (Å²) in [5.74, 6) is 0.682. The van der Waals surface area contributed by atoms with Crippen LogP contribution >= 0.6 is 0 Å². The summed E-state index contributed by atoms with van der Waals surface area (Å²) in [6.45, 7) is 5.91. The average molecular weight is 252 g/mol. The average Bonchev–Trinajstić information content (AvgIpc) is 2.96. The first-order valence-electron chi connectivity index (χ1n) is 6.57. The lowest BCUT2D eigenvalue weighted by Crippen LogP contribution is -2.27. The molecule has 1 aromatic rings. The molecule has 0 amide bonds. The Labute approximate surface area is 107 Å². The molecule has 1 fully saturated rings. The van der Waals surface area contributed by atoms with Gasteiger partial charge in [0, 0.05) is 6.61 Å². The van der Waals surface area contributed by atoms with Crippen LogP contribution in [0.15, 0.2) is 4.52 Å². The summed E-state index contributed by atoms with van der Waals surface area (Å²) in [6.07, 6.45) is 4.08. The first kappa shape index (κ1) is 13.2. The summed E-state index contributed by atoms with van der Waals surface area (Å²) >= 11 is 0. The number of carbonyl (C=O) groups is 1. The van der Waals surface area contributed by atoms with Gasteiger partial charge >= 0.3 is 0 Å². The Morgan fingerprint density at radius 3 is 2.72 bits per heavy atom. The van der Waals surface area contributed by atoms with Crippen LogP contribution in [0.3, 0.4) is 0 Å². The van der Waals surface area contributed by atoms with Crippen LogP contribution in [0.25, 0.3) is 0 Å². The molecule has 0 radical (unpaired) electrons. The highest BCUT2D eigenvalue weighted by Gasteiger charge is 2.41. The van der Waals surface area contributed by atoms with Gasteiger partial charge in [-0.1, -0.05) is 5.16 Å². The number of hydrogen-bond acceptors (Lipinski definition) is 5. The van der Waals surface area contributed by atoms with Crippen molar-refractivity contribution in [2.24, 2.45) is 0 Å². The molecular weight excluding hydrogens is 232 g/mol. The monoisotopic (exact) mass is 252 g/mol. The molecule has 0 aromatic carbocycles. The molecular formula is C13H20N2O3. The number of aromatic nitrogens is 2. The lowest BCUT2D eigenvalue weighted by atomic mass is 10.0. The van der Waals surface area contributed by atoms with Crippen LogP contribution in [-0.4, -0.2) is 22.5 Å². The summed E-state index contributed by atoms with van der Waals surface area (Å²) in [5, 5.41) is 4.03. The quantitative estimate of drug-likeness (QED) is 0.805. The van der Waals surface area contributed by atoms with Crippen molar-refractivity contribution in [1.82, 2.24) is 10.1 Å². The van der Waals surface area contributed by atoms with Crippen LogP contribution < -0.4 is 0 Å². The molecule has 0 spiro atoms. The Morgan fingerprint density at radius 2 is 2.17 bits per heavy atom. The maximum Gasteiger partial charge on any atom is 0.237 e. The number of nitrogens with zero attached hydrogens (tertiary/aromatic N) is 2. The highest BCUT2D eigenvalue weighted by Crippen LogP contribution is 2.40. The van der Waals surface area contributed by atoms with E-state index in [4.69, 9.17) is 9.26 Å². The predicted molar refractivity (Wildman–Crippen MR) is 65.2 cm³/mol. The van der Waals surface area contributed by atoms with Crippen molar-refractivity contribution in [3.8, 4) is 0 Å². The summed E-state index contributed by atoms with van der Waals surface area (Å²) < 4.78 is 11.1. The molecule has 1 aliphatic carbocycles. The largest absolute Gasteiger partial charge is 0.367 e. The van der Waals surface area contributed by atoms with Crippen LogP contribution in [0.5, 0.6) is 0 Å². The molecule has 5 nitrogen and oxygen atoms in total. The minimum Gasteiger partial charge on any atom is -0.367 e. The Hall–Kier alpha value is -1.23. The second kappa shape index (κ2) is 5.18. The molecule has 0 N–H and O–H groups in total. The van der Waals surface area contributed by atoms with E-state index in [1.807, 2.05) is 6.92 Å². The molecule has 1 saturated carbocycles. The minimum absolute atomic E-state index is 0.0297. The smallest absolute Gasteiger partial charge is 0.237 e. The zero-order valence-electron chi connectivity index (χ0n) is 11.2. The molecule has 100 valence electrons. The molecule has 1 aromatic heterocycles. The topological polar surface area (TPSA) is 65.2 Å². The van der Waals surface area contributed by atoms with E-state index in [9.17, 15) is 4.79 Å². The van der Waals surface area contributed by atoms with E-state index in [0.717, 1.165) is 25.7 Å². The van der Waals surface area contributed by atoms with Gasteiger partial charge in [-0.15, -0.1) is 0 Å². The van der Waals surface area contributed by atoms with Gasteiger partial charge in [0.1, 0.15) is 11.4 Å². The lowest BCUT2D eigenvalue weighted by molar-refractivity contribution is -0.118. The summed E-state index contributed by atoms with van der Waals surface area (Å²) in [7, 11) is 0. The molecule has 1 heterocycles. The number of Topliss-reactive ketones (excluding diaryl/α,β-unsaturated/α-hetero) is 1. The summed E-state index contributed by atoms with van der Waals surface area (Å²) in [4.78, 5) is 15.7. The highest BCUT2D eigenvalue weighted by molar-refractivity contribution is 5.81. The maximum absolute atomic E-state index is 11.3. The van der Waals surface area contributed by atoms with Crippen molar-refractivity contribution in [3.05, 3.63) is 11.7 Å². The maximum atomic E-state index is 11.3. The Bertz CT molecular complexity index is 422. The van der Waals surface area contributed by atoms with E-state index in [2.05, 4.69) is 10.1 Å². The van der Waals surface area contributed by atoms with Crippen molar-refractivity contribution < 1.29 is 14.1 Å². The van der Waals surface area contributed by atoms with Gasteiger partial charge in [-0.2, -0.15) is 4.98 Å². The van der Waals surface area contributed by atoms with Crippen LogP contribution in [0.4, 0.5) is 0 Å². The van der Waals surface area contributed by atoms with Crippen molar-refractivity contribution >= 4 is 5.78 Å². The van der Waals surface area contributed by atoms with E-state index < -0.39 is 5.60 Å². The Morgan fingerprint density at radius 1 is 1.50 bits per heavy atom. The van der Waals surface area contributed by atoms with Gasteiger partial charge < -0.3 is 9.26 Å². The Balaban J connectivity index is 2.24. The molecule has 2 rings (SSSR count). The fraction of sp³-hybridized carbons (Fsp3) is 0.769. The third-order valence-electron chi connectivity index (χ3n) is 3.66. The fourth-order valence-corrected chi connectivity index (χ4v) is 2.42. The van der Waals surface area contributed by atoms with Gasteiger partial charge in [-0.05, 0) is 46.5 Å². The molecule has 1 unspecified atom stereocenters. The van der Waals surface area contributed by atoms with Crippen molar-refractivity contribution in [2.45, 2.75) is 58.0 Å². The zero-order valence-corrected chi connectivity index (χ0v) is 11.2. The number of ether oxygens (including phenoxy) is 1. The van der Waals surface area contributed by atoms with Gasteiger partial charge in [0.2, 0.25) is 11.7 Å². The SMILES string of the molecule is CCOC1(c2noc(C(C)C(C)=O)n2)CCCC1.